The van der Waals surface area contributed by atoms with Crippen LogP contribution in [0.25, 0.3) is 11.0 Å². The van der Waals surface area contributed by atoms with Crippen LogP contribution in [0.5, 0.6) is 0 Å². The maximum absolute atomic E-state index is 12.6. The average Bonchev–Trinajstić information content (AvgIpc) is 3.40. The molecule has 2 aliphatic heterocycles. The molecule has 0 aliphatic carbocycles. The van der Waals surface area contributed by atoms with Crippen LogP contribution in [0.1, 0.15) is 38.5 Å². The first-order valence-corrected chi connectivity index (χ1v) is 10.6. The van der Waals surface area contributed by atoms with E-state index >= 15 is 0 Å². The highest BCUT2D eigenvalue weighted by Crippen LogP contribution is 2.22. The van der Waals surface area contributed by atoms with Crippen LogP contribution in [0.4, 0.5) is 0 Å². The third-order valence-electron chi connectivity index (χ3n) is 5.90. The lowest BCUT2D eigenvalue weighted by molar-refractivity contribution is -0.134. The van der Waals surface area contributed by atoms with Gasteiger partial charge in [0, 0.05) is 32.7 Å². The largest absolute Gasteiger partial charge is 0.376 e. The molecule has 1 unspecified atom stereocenters. The zero-order valence-electron chi connectivity index (χ0n) is 16.8. The summed E-state index contributed by atoms with van der Waals surface area (Å²) in [5.41, 5.74) is 1.61. The Kier molecular flexibility index (Phi) is 6.39. The summed E-state index contributed by atoms with van der Waals surface area (Å²) in [6, 6.07) is 7.62. The normalized spacial score (nSPS) is 20.3. The summed E-state index contributed by atoms with van der Waals surface area (Å²) in [7, 11) is 0. The monoisotopic (exact) mass is 399 g/mol. The number of piperidine rings is 1. The second kappa shape index (κ2) is 9.35. The van der Waals surface area contributed by atoms with E-state index < -0.39 is 0 Å². The first-order chi connectivity index (χ1) is 14.2. The van der Waals surface area contributed by atoms with Gasteiger partial charge in [-0.25, -0.2) is 0 Å². The number of fused-ring (bicyclic) bond motifs is 1. The van der Waals surface area contributed by atoms with E-state index in [2.05, 4.69) is 15.5 Å². The maximum Gasteiger partial charge on any atom is 0.246 e. The number of likely N-dealkylation sites (tertiary alicyclic amines) is 1. The molecular weight excluding hydrogens is 370 g/mol. The van der Waals surface area contributed by atoms with Gasteiger partial charge in [0.15, 0.2) is 0 Å². The highest BCUT2D eigenvalue weighted by molar-refractivity contribution is 5.77. The van der Waals surface area contributed by atoms with Crippen molar-refractivity contribution in [3.63, 3.8) is 0 Å². The molecule has 29 heavy (non-hydrogen) atoms. The van der Waals surface area contributed by atoms with Gasteiger partial charge in [-0.15, -0.1) is 0 Å². The van der Waals surface area contributed by atoms with E-state index in [1.807, 2.05) is 29.2 Å². The van der Waals surface area contributed by atoms with Crippen molar-refractivity contribution in [1.29, 1.82) is 0 Å². The van der Waals surface area contributed by atoms with Gasteiger partial charge in [-0.3, -0.25) is 9.59 Å². The highest BCUT2D eigenvalue weighted by Gasteiger charge is 2.24. The quantitative estimate of drug-likeness (QED) is 0.766. The van der Waals surface area contributed by atoms with Crippen LogP contribution in [0.15, 0.2) is 24.3 Å². The number of amides is 2. The predicted molar refractivity (Wildman–Crippen MR) is 108 cm³/mol. The molecule has 1 N–H and O–H groups in total. The molecule has 156 valence electrons. The Morgan fingerprint density at radius 1 is 1.10 bits per heavy atom. The number of hydrogen-bond donors (Lipinski definition) is 1. The smallest absolute Gasteiger partial charge is 0.246 e. The number of aromatic nitrogens is 3. The number of benzene rings is 1. The van der Waals surface area contributed by atoms with Gasteiger partial charge in [0.25, 0.3) is 0 Å². The van der Waals surface area contributed by atoms with Gasteiger partial charge in [-0.05, 0) is 50.2 Å². The third kappa shape index (κ3) is 5.32. The molecule has 2 fully saturated rings. The number of carbonyl (C=O) groups is 2. The Morgan fingerprint density at radius 2 is 1.83 bits per heavy atom. The minimum absolute atomic E-state index is 0.0538. The van der Waals surface area contributed by atoms with Crippen molar-refractivity contribution >= 4 is 22.8 Å². The lowest BCUT2D eigenvalue weighted by Crippen LogP contribution is -2.40. The van der Waals surface area contributed by atoms with E-state index in [-0.39, 0.29) is 24.5 Å². The van der Waals surface area contributed by atoms with Crippen LogP contribution >= 0.6 is 0 Å². The van der Waals surface area contributed by atoms with Crippen LogP contribution < -0.4 is 5.32 Å². The van der Waals surface area contributed by atoms with E-state index in [4.69, 9.17) is 4.74 Å². The number of hydrogen-bond acceptors (Lipinski definition) is 5. The van der Waals surface area contributed by atoms with Crippen molar-refractivity contribution in [1.82, 2.24) is 25.2 Å². The SMILES string of the molecule is O=C(CCC1CCN(C(=O)Cn2nc3ccccc3n2)CC1)NCC1CCCO1. The molecular formula is C21H29N5O3. The zero-order chi connectivity index (χ0) is 20.1. The fourth-order valence-electron chi connectivity index (χ4n) is 4.12. The zero-order valence-corrected chi connectivity index (χ0v) is 16.8. The minimum atomic E-state index is 0.0538. The average molecular weight is 399 g/mol. The van der Waals surface area contributed by atoms with Crippen LogP contribution in [0.3, 0.4) is 0 Å². The Balaban J connectivity index is 1.16. The number of carbonyl (C=O) groups excluding carboxylic acids is 2. The van der Waals surface area contributed by atoms with Gasteiger partial charge < -0.3 is 15.0 Å². The van der Waals surface area contributed by atoms with Gasteiger partial charge in [0.05, 0.1) is 6.10 Å². The molecule has 2 aromatic rings. The van der Waals surface area contributed by atoms with Gasteiger partial charge in [0.1, 0.15) is 17.6 Å². The molecule has 1 atom stereocenters. The molecule has 0 spiro atoms. The molecule has 1 aromatic carbocycles. The first kappa shape index (κ1) is 19.8. The van der Waals surface area contributed by atoms with Gasteiger partial charge in [0.2, 0.25) is 11.8 Å². The molecule has 2 aliphatic rings. The lowest BCUT2D eigenvalue weighted by atomic mass is 9.92. The standard InChI is InChI=1S/C21H29N5O3/c27-20(22-14-17-4-3-13-29-17)8-7-16-9-11-25(12-10-16)21(28)15-26-23-18-5-1-2-6-19(18)24-26/h1-2,5-6,16-17H,3-4,7-15H2,(H,22,27). The Morgan fingerprint density at radius 3 is 2.48 bits per heavy atom. The fraction of sp³-hybridized carbons (Fsp3) is 0.619. The van der Waals surface area contributed by atoms with E-state index in [1.165, 1.54) is 4.80 Å². The second-order valence-electron chi connectivity index (χ2n) is 8.02. The Hall–Kier alpha value is -2.48. The molecule has 8 nitrogen and oxygen atoms in total. The van der Waals surface area contributed by atoms with Crippen molar-refractivity contribution < 1.29 is 14.3 Å². The fourth-order valence-corrected chi connectivity index (χ4v) is 4.12. The lowest BCUT2D eigenvalue weighted by Gasteiger charge is -2.31. The number of ether oxygens (including phenoxy) is 1. The van der Waals surface area contributed by atoms with Crippen molar-refractivity contribution in [2.45, 2.75) is 51.2 Å². The molecule has 4 rings (SSSR count). The molecule has 3 heterocycles. The third-order valence-corrected chi connectivity index (χ3v) is 5.90. The van der Waals surface area contributed by atoms with Crippen molar-refractivity contribution in [3.8, 4) is 0 Å². The van der Waals surface area contributed by atoms with Crippen molar-refractivity contribution in [3.05, 3.63) is 24.3 Å². The Labute approximate surface area is 170 Å². The summed E-state index contributed by atoms with van der Waals surface area (Å²) in [5.74, 6) is 0.659. The minimum Gasteiger partial charge on any atom is -0.376 e. The summed E-state index contributed by atoms with van der Waals surface area (Å²) in [6.45, 7) is 3.08. The van der Waals surface area contributed by atoms with Crippen LogP contribution in [-0.2, 0) is 20.9 Å². The van der Waals surface area contributed by atoms with Crippen molar-refractivity contribution in [2.24, 2.45) is 5.92 Å². The molecule has 2 amide bonds. The summed E-state index contributed by atoms with van der Waals surface area (Å²) in [6.07, 6.45) is 5.64. The highest BCUT2D eigenvalue weighted by atomic mass is 16.5. The van der Waals surface area contributed by atoms with Gasteiger partial charge in [-0.1, -0.05) is 12.1 Å². The van der Waals surface area contributed by atoms with E-state index in [9.17, 15) is 9.59 Å². The molecule has 0 radical (unpaired) electrons. The number of nitrogens with zero attached hydrogens (tertiary/aromatic N) is 4. The van der Waals surface area contributed by atoms with Crippen LogP contribution in [0.2, 0.25) is 0 Å². The molecule has 0 saturated carbocycles. The molecule has 0 bridgehead atoms. The second-order valence-corrected chi connectivity index (χ2v) is 8.02. The Bertz CT molecular complexity index is 805. The van der Waals surface area contributed by atoms with Crippen LogP contribution in [0, 0.1) is 5.92 Å². The predicted octanol–water partition coefficient (Wildman–Crippen LogP) is 1.75. The number of rotatable bonds is 7. The first-order valence-electron chi connectivity index (χ1n) is 10.6. The van der Waals surface area contributed by atoms with E-state index in [1.54, 1.807) is 0 Å². The summed E-state index contributed by atoms with van der Waals surface area (Å²) < 4.78 is 5.53. The molecule has 8 heteroatoms. The maximum atomic E-state index is 12.6. The molecule has 2 saturated heterocycles. The van der Waals surface area contributed by atoms with Crippen molar-refractivity contribution in [2.75, 3.05) is 26.2 Å². The topological polar surface area (TPSA) is 89.4 Å². The van der Waals surface area contributed by atoms with E-state index in [0.29, 0.717) is 18.9 Å². The number of nitrogens with one attached hydrogen (secondary N) is 1. The summed E-state index contributed by atoms with van der Waals surface area (Å²) in [5, 5.41) is 11.7. The van der Waals surface area contributed by atoms with Crippen LogP contribution in [-0.4, -0.2) is 64.1 Å². The molecule has 1 aromatic heterocycles. The summed E-state index contributed by atoms with van der Waals surface area (Å²) >= 11 is 0. The summed E-state index contributed by atoms with van der Waals surface area (Å²) in [4.78, 5) is 28.0. The van der Waals surface area contributed by atoms with Gasteiger partial charge in [-0.2, -0.15) is 15.0 Å². The van der Waals surface area contributed by atoms with Gasteiger partial charge >= 0.3 is 0 Å². The van der Waals surface area contributed by atoms with E-state index in [0.717, 1.165) is 62.8 Å².